The summed E-state index contributed by atoms with van der Waals surface area (Å²) in [5, 5.41) is 19.0. The Hall–Kier alpha value is -2.09. The van der Waals surface area contributed by atoms with Gasteiger partial charge in [-0.3, -0.25) is 0 Å². The van der Waals surface area contributed by atoms with Gasteiger partial charge in [-0.1, -0.05) is 6.92 Å². The van der Waals surface area contributed by atoms with Crippen molar-refractivity contribution < 1.29 is 23.4 Å². The minimum atomic E-state index is -3.92. The molecule has 7 nitrogen and oxygen atoms in total. The average Bonchev–Trinajstić information content (AvgIpc) is 2.61. The summed E-state index contributed by atoms with van der Waals surface area (Å²) >= 11 is 0. The molecule has 0 atom stereocenters. The molecule has 0 amide bonds. The van der Waals surface area contributed by atoms with Gasteiger partial charge < -0.3 is 14.9 Å². The van der Waals surface area contributed by atoms with Crippen molar-refractivity contribution >= 4 is 15.9 Å². The van der Waals surface area contributed by atoms with E-state index in [1.807, 2.05) is 11.6 Å². The van der Waals surface area contributed by atoms with Crippen LogP contribution in [0.5, 0.6) is 11.5 Å². The van der Waals surface area contributed by atoms with Crippen molar-refractivity contribution in [2.24, 2.45) is 0 Å². The van der Waals surface area contributed by atoms with Crippen molar-refractivity contribution in [1.29, 1.82) is 0 Å². The second-order valence-electron chi connectivity index (χ2n) is 3.92. The summed E-state index contributed by atoms with van der Waals surface area (Å²) in [5.74, 6) is -0.316. The normalized spacial score (nSPS) is 16.9. The van der Waals surface area contributed by atoms with Crippen LogP contribution in [0, 0.1) is 0 Å². The van der Waals surface area contributed by atoms with E-state index in [-0.39, 0.29) is 11.4 Å². The quantitative estimate of drug-likeness (QED) is 0.772. The second kappa shape index (κ2) is 4.88. The molecule has 3 N–H and O–H groups in total. The van der Waals surface area contributed by atoms with E-state index in [0.717, 1.165) is 16.9 Å². The van der Waals surface area contributed by atoms with Crippen LogP contribution in [0.3, 0.4) is 0 Å². The number of aromatic hydroxyl groups is 1. The molecular weight excluding hydrogens is 272 g/mol. The number of anilines is 1. The molecule has 0 spiro atoms. The van der Waals surface area contributed by atoms with Gasteiger partial charge in [0.05, 0.1) is 12.8 Å². The highest BCUT2D eigenvalue weighted by Gasteiger charge is 2.30. The van der Waals surface area contributed by atoms with Crippen LogP contribution in [0.2, 0.25) is 0 Å². The zero-order valence-electron chi connectivity index (χ0n) is 10.2. The zero-order chi connectivity index (χ0) is 14.0. The minimum absolute atomic E-state index is 0.00477. The van der Waals surface area contributed by atoms with E-state index >= 15 is 0 Å². The number of aliphatic hydroxyl groups excluding tert-OH is 1. The van der Waals surface area contributed by atoms with Crippen molar-refractivity contribution in [1.82, 2.24) is 4.72 Å². The number of phenolic OH excluding ortho intramolecular Hbond substituents is 1. The molecule has 19 heavy (non-hydrogen) atoms. The number of hydrogen-bond donors (Lipinski definition) is 3. The van der Waals surface area contributed by atoms with Gasteiger partial charge >= 0.3 is 10.2 Å². The number of rotatable bonds is 4. The Kier molecular flexibility index (Phi) is 3.43. The summed E-state index contributed by atoms with van der Waals surface area (Å²) < 4.78 is 31.4. The lowest BCUT2D eigenvalue weighted by Gasteiger charge is -2.16. The molecule has 0 saturated heterocycles. The Bertz CT molecular complexity index is 612. The second-order valence-corrected chi connectivity index (χ2v) is 5.46. The number of ether oxygens (including phenoxy) is 1. The standard InChI is InChI=1S/C11H14N2O5S/c1-2-5-18-8-3-4-10(14)9(6-8)13-7-11(15)12-19(13,16)17/h3-4,6-7,12,14-15H,2,5H2,1H3. The Balaban J connectivity index is 2.39. The molecule has 0 radical (unpaired) electrons. The van der Waals surface area contributed by atoms with Crippen molar-refractivity contribution in [3.63, 3.8) is 0 Å². The third-order valence-corrected chi connectivity index (χ3v) is 3.68. The summed E-state index contributed by atoms with van der Waals surface area (Å²) in [6.45, 7) is 2.42. The Morgan fingerprint density at radius 1 is 1.37 bits per heavy atom. The lowest BCUT2D eigenvalue weighted by molar-refractivity contribution is 0.317. The van der Waals surface area contributed by atoms with E-state index in [9.17, 15) is 18.6 Å². The first-order valence-electron chi connectivity index (χ1n) is 5.63. The van der Waals surface area contributed by atoms with Crippen LogP contribution >= 0.6 is 0 Å². The van der Waals surface area contributed by atoms with E-state index in [1.54, 1.807) is 0 Å². The number of benzene rings is 1. The van der Waals surface area contributed by atoms with Gasteiger partial charge in [0.1, 0.15) is 17.2 Å². The molecule has 8 heteroatoms. The highest BCUT2D eigenvalue weighted by atomic mass is 32.2. The third kappa shape index (κ3) is 2.68. The molecule has 1 aromatic carbocycles. The number of hydrogen-bond acceptors (Lipinski definition) is 5. The Labute approximate surface area is 110 Å². The van der Waals surface area contributed by atoms with Gasteiger partial charge in [0, 0.05) is 6.07 Å². The lowest BCUT2D eigenvalue weighted by atomic mass is 10.2. The highest BCUT2D eigenvalue weighted by molar-refractivity contribution is 7.91. The molecular formula is C11H14N2O5S. The largest absolute Gasteiger partial charge is 0.506 e. The first-order chi connectivity index (χ1) is 8.94. The first-order valence-corrected chi connectivity index (χ1v) is 7.07. The van der Waals surface area contributed by atoms with Gasteiger partial charge in [0.15, 0.2) is 0 Å². The van der Waals surface area contributed by atoms with Crippen LogP contribution in [0.15, 0.2) is 30.3 Å². The predicted octanol–water partition coefficient (Wildman–Crippen LogP) is 1.19. The fourth-order valence-electron chi connectivity index (χ4n) is 1.58. The molecule has 1 aromatic rings. The van der Waals surface area contributed by atoms with Crippen LogP contribution in [0.25, 0.3) is 0 Å². The zero-order valence-corrected chi connectivity index (χ0v) is 11.0. The van der Waals surface area contributed by atoms with Gasteiger partial charge in [-0.05, 0) is 18.6 Å². The summed E-state index contributed by atoms with van der Waals surface area (Å²) in [7, 11) is -3.92. The fourth-order valence-corrected chi connectivity index (χ4v) is 2.64. The molecule has 0 saturated carbocycles. The molecule has 0 bridgehead atoms. The first kappa shape index (κ1) is 13.3. The maximum absolute atomic E-state index is 11.7. The van der Waals surface area contributed by atoms with Gasteiger partial charge in [-0.25, -0.2) is 9.03 Å². The summed E-state index contributed by atoms with van der Waals surface area (Å²) in [4.78, 5) is 0. The van der Waals surface area contributed by atoms with E-state index in [1.165, 1.54) is 18.2 Å². The number of nitrogens with zero attached hydrogens (tertiary/aromatic N) is 1. The molecule has 2 rings (SSSR count). The van der Waals surface area contributed by atoms with Crippen LogP contribution in [0.1, 0.15) is 13.3 Å². The summed E-state index contributed by atoms with van der Waals surface area (Å²) in [6, 6.07) is 4.26. The van der Waals surface area contributed by atoms with Gasteiger partial charge in [0.2, 0.25) is 5.88 Å². The van der Waals surface area contributed by atoms with Gasteiger partial charge in [0.25, 0.3) is 0 Å². The van der Waals surface area contributed by atoms with Gasteiger partial charge in [-0.15, -0.1) is 0 Å². The van der Waals surface area contributed by atoms with Crippen molar-refractivity contribution in [3.8, 4) is 11.5 Å². The van der Waals surface area contributed by atoms with Crippen LogP contribution in [-0.4, -0.2) is 25.2 Å². The van der Waals surface area contributed by atoms with Crippen LogP contribution in [-0.2, 0) is 10.2 Å². The fraction of sp³-hybridized carbons (Fsp3) is 0.273. The van der Waals surface area contributed by atoms with Crippen molar-refractivity contribution in [2.45, 2.75) is 13.3 Å². The van der Waals surface area contributed by atoms with Crippen LogP contribution < -0.4 is 13.8 Å². The molecule has 0 unspecified atom stereocenters. The average molecular weight is 286 g/mol. The van der Waals surface area contributed by atoms with Crippen molar-refractivity contribution in [3.05, 3.63) is 30.3 Å². The maximum Gasteiger partial charge on any atom is 0.330 e. The predicted molar refractivity (Wildman–Crippen MR) is 69.1 cm³/mol. The number of phenols is 1. The van der Waals surface area contributed by atoms with Crippen molar-refractivity contribution in [2.75, 3.05) is 10.9 Å². The topological polar surface area (TPSA) is 99.1 Å². The van der Waals surface area contributed by atoms with Crippen LogP contribution in [0.4, 0.5) is 5.69 Å². The molecule has 0 aromatic heterocycles. The SMILES string of the molecule is CCCOc1ccc(O)c(N2C=C(O)NS2(=O)=O)c1. The molecule has 0 aliphatic carbocycles. The van der Waals surface area contributed by atoms with E-state index in [2.05, 4.69) is 0 Å². The molecule has 0 fully saturated rings. The molecule has 104 valence electrons. The number of aliphatic hydroxyl groups is 1. The van der Waals surface area contributed by atoms with E-state index in [4.69, 9.17) is 4.74 Å². The smallest absolute Gasteiger partial charge is 0.330 e. The highest BCUT2D eigenvalue weighted by Crippen LogP contribution is 2.34. The van der Waals surface area contributed by atoms with Gasteiger partial charge in [-0.2, -0.15) is 8.42 Å². The molecule has 1 aliphatic rings. The third-order valence-electron chi connectivity index (χ3n) is 2.39. The molecule has 1 aliphatic heterocycles. The monoisotopic (exact) mass is 286 g/mol. The molecule has 1 heterocycles. The number of nitrogens with one attached hydrogen (secondary N) is 1. The van der Waals surface area contributed by atoms with E-state index < -0.39 is 16.1 Å². The summed E-state index contributed by atoms with van der Waals surface area (Å²) in [6.07, 6.45) is 1.77. The van der Waals surface area contributed by atoms with E-state index in [0.29, 0.717) is 12.4 Å². The minimum Gasteiger partial charge on any atom is -0.506 e. The maximum atomic E-state index is 11.7. The Morgan fingerprint density at radius 3 is 2.68 bits per heavy atom. The summed E-state index contributed by atoms with van der Waals surface area (Å²) in [5.41, 5.74) is 0.00477. The lowest BCUT2D eigenvalue weighted by Crippen LogP contribution is -2.29. The Morgan fingerprint density at radius 2 is 2.11 bits per heavy atom.